The predicted molar refractivity (Wildman–Crippen MR) is 41.8 cm³/mol. The molecule has 3 nitrogen and oxygen atoms in total. The molecule has 1 aromatic rings. The molecule has 0 spiro atoms. The Labute approximate surface area is 69.0 Å². The van der Waals surface area contributed by atoms with E-state index in [0.29, 0.717) is 17.3 Å². The minimum atomic E-state index is -0.0387. The second-order valence-electron chi connectivity index (χ2n) is 2.49. The van der Waals surface area contributed by atoms with Crippen LogP contribution in [0.3, 0.4) is 0 Å². The van der Waals surface area contributed by atoms with Gasteiger partial charge in [-0.15, -0.1) is 0 Å². The molecule has 0 radical (unpaired) electrons. The summed E-state index contributed by atoms with van der Waals surface area (Å²) < 4.78 is 1.86. The van der Waals surface area contributed by atoms with E-state index in [2.05, 4.69) is 5.32 Å². The fourth-order valence-electron chi connectivity index (χ4n) is 1.23. The first kappa shape index (κ1) is 6.73. The molecule has 1 aromatic heterocycles. The van der Waals surface area contributed by atoms with Gasteiger partial charge in [0.1, 0.15) is 5.69 Å². The molecular formula is C7H7ClN2O. The van der Waals surface area contributed by atoms with Gasteiger partial charge in [-0.25, -0.2) is 0 Å². The van der Waals surface area contributed by atoms with Crippen LogP contribution in [-0.4, -0.2) is 17.0 Å². The molecule has 0 unspecified atom stereocenters. The number of nitrogens with one attached hydrogen (secondary N) is 1. The molecule has 1 N–H and O–H groups in total. The third-order valence-electron chi connectivity index (χ3n) is 1.73. The topological polar surface area (TPSA) is 34.0 Å². The number of hydrogen-bond acceptors (Lipinski definition) is 1. The highest BCUT2D eigenvalue weighted by molar-refractivity contribution is 6.31. The molecule has 2 rings (SSSR count). The highest BCUT2D eigenvalue weighted by Crippen LogP contribution is 2.15. The van der Waals surface area contributed by atoms with E-state index in [9.17, 15) is 4.79 Å². The van der Waals surface area contributed by atoms with Gasteiger partial charge in [-0.2, -0.15) is 0 Å². The smallest absolute Gasteiger partial charge is 0.268 e. The van der Waals surface area contributed by atoms with Gasteiger partial charge in [-0.05, 0) is 6.07 Å². The zero-order chi connectivity index (χ0) is 7.84. The van der Waals surface area contributed by atoms with E-state index < -0.39 is 0 Å². The van der Waals surface area contributed by atoms with Crippen molar-refractivity contribution in [1.29, 1.82) is 0 Å². The SMILES string of the molecule is O=C1NCCn2cc(Cl)cc21. The zero-order valence-corrected chi connectivity index (χ0v) is 6.56. The molecule has 0 atom stereocenters. The number of rotatable bonds is 0. The summed E-state index contributed by atoms with van der Waals surface area (Å²) in [6.07, 6.45) is 1.77. The summed E-state index contributed by atoms with van der Waals surface area (Å²) in [7, 11) is 0. The Morgan fingerprint density at radius 1 is 1.64 bits per heavy atom. The van der Waals surface area contributed by atoms with Crippen molar-refractivity contribution in [2.75, 3.05) is 6.54 Å². The molecule has 4 heteroatoms. The van der Waals surface area contributed by atoms with Gasteiger partial charge in [0.05, 0.1) is 5.02 Å². The standard InChI is InChI=1S/C7H7ClN2O/c8-5-3-6-7(11)9-1-2-10(6)4-5/h3-4H,1-2H2,(H,9,11). The highest BCUT2D eigenvalue weighted by Gasteiger charge is 2.16. The maximum Gasteiger partial charge on any atom is 0.268 e. The fraction of sp³-hybridized carbons (Fsp3) is 0.286. The van der Waals surface area contributed by atoms with Crippen LogP contribution in [0.15, 0.2) is 12.3 Å². The van der Waals surface area contributed by atoms with Gasteiger partial charge >= 0.3 is 0 Å². The van der Waals surface area contributed by atoms with Crippen LogP contribution in [0.1, 0.15) is 10.5 Å². The van der Waals surface area contributed by atoms with E-state index in [-0.39, 0.29) is 5.91 Å². The van der Waals surface area contributed by atoms with Crippen LogP contribution in [-0.2, 0) is 6.54 Å². The molecule has 0 bridgehead atoms. The lowest BCUT2D eigenvalue weighted by molar-refractivity contribution is 0.0928. The molecule has 11 heavy (non-hydrogen) atoms. The molecule has 0 aromatic carbocycles. The molecular weight excluding hydrogens is 164 g/mol. The van der Waals surface area contributed by atoms with Crippen LogP contribution in [0, 0.1) is 0 Å². The lowest BCUT2D eigenvalue weighted by Crippen LogP contribution is -2.34. The molecule has 0 saturated carbocycles. The Morgan fingerprint density at radius 3 is 3.18 bits per heavy atom. The molecule has 0 fully saturated rings. The molecule has 0 saturated heterocycles. The normalized spacial score (nSPS) is 15.9. The van der Waals surface area contributed by atoms with Crippen molar-refractivity contribution >= 4 is 17.5 Å². The summed E-state index contributed by atoms with van der Waals surface area (Å²) in [4.78, 5) is 11.1. The van der Waals surface area contributed by atoms with E-state index in [0.717, 1.165) is 6.54 Å². The summed E-state index contributed by atoms with van der Waals surface area (Å²) in [5.41, 5.74) is 0.654. The first-order valence-electron chi connectivity index (χ1n) is 3.41. The minimum Gasteiger partial charge on any atom is -0.349 e. The van der Waals surface area contributed by atoms with Crippen LogP contribution in [0.25, 0.3) is 0 Å². The summed E-state index contributed by atoms with van der Waals surface area (Å²) in [5, 5.41) is 3.36. The van der Waals surface area contributed by atoms with E-state index in [1.807, 2.05) is 4.57 Å². The van der Waals surface area contributed by atoms with E-state index in [4.69, 9.17) is 11.6 Å². The molecule has 1 aliphatic rings. The zero-order valence-electron chi connectivity index (χ0n) is 5.80. The minimum absolute atomic E-state index is 0.0387. The van der Waals surface area contributed by atoms with Crippen molar-refractivity contribution in [3.63, 3.8) is 0 Å². The third kappa shape index (κ3) is 1.01. The maximum atomic E-state index is 11.1. The monoisotopic (exact) mass is 170 g/mol. The first-order chi connectivity index (χ1) is 5.27. The molecule has 1 amide bonds. The molecule has 1 aliphatic heterocycles. The van der Waals surface area contributed by atoms with Crippen LogP contribution >= 0.6 is 11.6 Å². The second-order valence-corrected chi connectivity index (χ2v) is 2.93. The number of halogens is 1. The van der Waals surface area contributed by atoms with Crippen molar-refractivity contribution in [1.82, 2.24) is 9.88 Å². The van der Waals surface area contributed by atoms with E-state index in [1.165, 1.54) is 0 Å². The van der Waals surface area contributed by atoms with E-state index in [1.54, 1.807) is 12.3 Å². The quantitative estimate of drug-likeness (QED) is 0.617. The lowest BCUT2D eigenvalue weighted by atomic mass is 10.3. The summed E-state index contributed by atoms with van der Waals surface area (Å²) in [6, 6.07) is 1.68. The van der Waals surface area contributed by atoms with Crippen LogP contribution in [0.5, 0.6) is 0 Å². The van der Waals surface area contributed by atoms with Gasteiger partial charge in [0.2, 0.25) is 0 Å². The summed E-state index contributed by atoms with van der Waals surface area (Å²) in [5.74, 6) is -0.0387. The van der Waals surface area contributed by atoms with Gasteiger partial charge in [-0.1, -0.05) is 11.6 Å². The Balaban J connectivity index is 2.52. The van der Waals surface area contributed by atoms with Gasteiger partial charge < -0.3 is 9.88 Å². The Hall–Kier alpha value is -0.960. The van der Waals surface area contributed by atoms with Crippen molar-refractivity contribution in [3.05, 3.63) is 23.0 Å². The second kappa shape index (κ2) is 2.27. The van der Waals surface area contributed by atoms with Crippen molar-refractivity contribution in [3.8, 4) is 0 Å². The Morgan fingerprint density at radius 2 is 2.45 bits per heavy atom. The number of fused-ring (bicyclic) bond motifs is 1. The number of carbonyl (C=O) groups excluding carboxylic acids is 1. The van der Waals surface area contributed by atoms with Crippen molar-refractivity contribution < 1.29 is 4.79 Å². The van der Waals surface area contributed by atoms with Crippen molar-refractivity contribution in [2.45, 2.75) is 6.54 Å². The number of hydrogen-bond donors (Lipinski definition) is 1. The summed E-state index contributed by atoms with van der Waals surface area (Å²) >= 11 is 5.72. The average molecular weight is 171 g/mol. The predicted octanol–water partition coefficient (Wildman–Crippen LogP) is 0.885. The van der Waals surface area contributed by atoms with Crippen molar-refractivity contribution in [2.24, 2.45) is 0 Å². The fourth-order valence-corrected chi connectivity index (χ4v) is 1.45. The molecule has 58 valence electrons. The van der Waals surface area contributed by atoms with Crippen LogP contribution in [0.2, 0.25) is 5.02 Å². The van der Waals surface area contributed by atoms with Gasteiger partial charge in [-0.3, -0.25) is 4.79 Å². The van der Waals surface area contributed by atoms with Crippen LogP contribution in [0.4, 0.5) is 0 Å². The number of nitrogens with zero attached hydrogens (tertiary/aromatic N) is 1. The largest absolute Gasteiger partial charge is 0.349 e. The molecule has 0 aliphatic carbocycles. The number of amides is 1. The lowest BCUT2D eigenvalue weighted by Gasteiger charge is -2.14. The van der Waals surface area contributed by atoms with E-state index >= 15 is 0 Å². The average Bonchev–Trinajstić information content (AvgIpc) is 2.31. The van der Waals surface area contributed by atoms with Gasteiger partial charge in [0.15, 0.2) is 0 Å². The highest BCUT2D eigenvalue weighted by atomic mass is 35.5. The summed E-state index contributed by atoms with van der Waals surface area (Å²) in [6.45, 7) is 1.50. The Kier molecular flexibility index (Phi) is 1.39. The maximum absolute atomic E-state index is 11.1. The van der Waals surface area contributed by atoms with Crippen LogP contribution < -0.4 is 5.32 Å². The first-order valence-corrected chi connectivity index (χ1v) is 3.79. The Bertz CT molecular complexity index is 305. The molecule has 2 heterocycles. The van der Waals surface area contributed by atoms with Gasteiger partial charge in [0, 0.05) is 19.3 Å². The third-order valence-corrected chi connectivity index (χ3v) is 1.94. The number of aromatic nitrogens is 1. The number of carbonyl (C=O) groups is 1. The van der Waals surface area contributed by atoms with Gasteiger partial charge in [0.25, 0.3) is 5.91 Å².